The number of carbonyl (C=O) groups excluding carboxylic acids is 1. The molecule has 0 spiro atoms. The normalized spacial score (nSPS) is 17.7. The molecular formula is C12H23N3O5S. The van der Waals surface area contributed by atoms with Crippen LogP contribution in [0.3, 0.4) is 0 Å². The number of piperazine rings is 1. The maximum atomic E-state index is 11.7. The highest BCUT2D eigenvalue weighted by molar-refractivity contribution is 7.91. The van der Waals surface area contributed by atoms with Crippen LogP contribution in [0.15, 0.2) is 0 Å². The van der Waals surface area contributed by atoms with E-state index in [1.54, 1.807) is 0 Å². The van der Waals surface area contributed by atoms with Crippen LogP contribution in [0, 0.1) is 0 Å². The van der Waals surface area contributed by atoms with Gasteiger partial charge in [-0.3, -0.25) is 14.5 Å². The van der Waals surface area contributed by atoms with Gasteiger partial charge >= 0.3 is 5.97 Å². The molecule has 1 fully saturated rings. The summed E-state index contributed by atoms with van der Waals surface area (Å²) in [5.74, 6) is -1.58. The van der Waals surface area contributed by atoms with Gasteiger partial charge in [-0.1, -0.05) is 0 Å². The van der Waals surface area contributed by atoms with E-state index in [1.807, 2.05) is 4.90 Å². The molecule has 122 valence electrons. The van der Waals surface area contributed by atoms with Crippen LogP contribution in [-0.2, 0) is 19.4 Å². The average molecular weight is 321 g/mol. The lowest BCUT2D eigenvalue weighted by atomic mass is 10.3. The number of primary amides is 1. The molecule has 8 nitrogen and oxygen atoms in total. The minimum absolute atomic E-state index is 0.0232. The molecule has 0 radical (unpaired) electrons. The lowest BCUT2D eigenvalue weighted by Gasteiger charge is -2.34. The molecule has 0 aliphatic carbocycles. The Morgan fingerprint density at radius 1 is 0.952 bits per heavy atom. The third kappa shape index (κ3) is 7.98. The number of hydrogen-bond acceptors (Lipinski definition) is 6. The van der Waals surface area contributed by atoms with Crippen molar-refractivity contribution in [3.8, 4) is 0 Å². The number of nitrogens with two attached hydrogens (primary N) is 1. The summed E-state index contributed by atoms with van der Waals surface area (Å²) in [5.41, 5.74) is 4.94. The molecule has 1 saturated heterocycles. The van der Waals surface area contributed by atoms with Crippen LogP contribution in [0.1, 0.15) is 12.8 Å². The summed E-state index contributed by atoms with van der Waals surface area (Å²) in [4.78, 5) is 25.2. The zero-order valence-corrected chi connectivity index (χ0v) is 12.8. The predicted molar refractivity (Wildman–Crippen MR) is 77.6 cm³/mol. The topological polar surface area (TPSA) is 121 Å². The van der Waals surface area contributed by atoms with E-state index in [0.29, 0.717) is 13.1 Å². The number of aliphatic carboxylic acids is 1. The van der Waals surface area contributed by atoms with Gasteiger partial charge in [0.1, 0.15) is 0 Å². The molecule has 0 atom stereocenters. The number of nitrogens with zero attached hydrogens (tertiary/aromatic N) is 2. The summed E-state index contributed by atoms with van der Waals surface area (Å²) >= 11 is 0. The summed E-state index contributed by atoms with van der Waals surface area (Å²) in [5, 5.41) is 8.62. The molecule has 0 saturated carbocycles. The Bertz CT molecular complexity index is 458. The number of rotatable bonds is 9. The molecule has 1 aliphatic heterocycles. The van der Waals surface area contributed by atoms with Crippen molar-refractivity contribution in [1.82, 2.24) is 9.80 Å². The summed E-state index contributed by atoms with van der Waals surface area (Å²) in [6, 6.07) is 0. The second-order valence-electron chi connectivity index (χ2n) is 5.20. The largest absolute Gasteiger partial charge is 0.481 e. The molecule has 1 rings (SSSR count). The van der Waals surface area contributed by atoms with Crippen LogP contribution < -0.4 is 5.73 Å². The summed E-state index contributed by atoms with van der Waals surface area (Å²) < 4.78 is 23.4. The Kier molecular flexibility index (Phi) is 7.06. The van der Waals surface area contributed by atoms with Crippen LogP contribution >= 0.6 is 0 Å². The molecule has 0 aromatic heterocycles. The van der Waals surface area contributed by atoms with Gasteiger partial charge in [-0.25, -0.2) is 8.42 Å². The summed E-state index contributed by atoms with van der Waals surface area (Å²) in [6.45, 7) is 3.91. The maximum Gasteiger partial charge on any atom is 0.304 e. The van der Waals surface area contributed by atoms with Crippen LogP contribution in [-0.4, -0.2) is 86.0 Å². The van der Waals surface area contributed by atoms with Crippen molar-refractivity contribution >= 4 is 21.7 Å². The minimum atomic E-state index is -3.24. The highest BCUT2D eigenvalue weighted by Crippen LogP contribution is 2.04. The molecule has 21 heavy (non-hydrogen) atoms. The zero-order valence-electron chi connectivity index (χ0n) is 12.0. The van der Waals surface area contributed by atoms with E-state index in [-0.39, 0.29) is 24.3 Å². The van der Waals surface area contributed by atoms with Gasteiger partial charge in [0, 0.05) is 45.7 Å². The van der Waals surface area contributed by atoms with Crippen LogP contribution in [0.25, 0.3) is 0 Å². The van der Waals surface area contributed by atoms with Gasteiger partial charge in [0.25, 0.3) is 0 Å². The standard InChI is InChI=1S/C12H23N3O5S/c13-11(16)2-9-21(19,20)10-8-15-6-4-14(5-7-15)3-1-12(17)18/h1-10H2,(H2,13,16)(H,17,18). The fraction of sp³-hybridized carbons (Fsp3) is 0.833. The third-order valence-corrected chi connectivity index (χ3v) is 5.12. The van der Waals surface area contributed by atoms with Crippen molar-refractivity contribution in [2.45, 2.75) is 12.8 Å². The van der Waals surface area contributed by atoms with E-state index >= 15 is 0 Å². The highest BCUT2D eigenvalue weighted by Gasteiger charge is 2.20. The number of carboxylic acids is 1. The summed E-state index contributed by atoms with van der Waals surface area (Å²) in [6.07, 6.45) is -0.00715. The quantitative estimate of drug-likeness (QED) is 0.523. The number of sulfone groups is 1. The average Bonchev–Trinajstić information content (AvgIpc) is 2.42. The molecule has 0 unspecified atom stereocenters. The fourth-order valence-corrected chi connectivity index (χ4v) is 3.37. The predicted octanol–water partition coefficient (Wildman–Crippen LogP) is -1.63. The van der Waals surface area contributed by atoms with Crippen molar-refractivity contribution in [2.24, 2.45) is 5.73 Å². The second kappa shape index (κ2) is 8.30. The van der Waals surface area contributed by atoms with Crippen LogP contribution in [0.4, 0.5) is 0 Å². The first-order chi connectivity index (χ1) is 9.78. The van der Waals surface area contributed by atoms with Crippen molar-refractivity contribution in [3.63, 3.8) is 0 Å². The molecule has 3 N–H and O–H groups in total. The second-order valence-corrected chi connectivity index (χ2v) is 7.50. The van der Waals surface area contributed by atoms with Gasteiger partial charge in [-0.05, 0) is 0 Å². The van der Waals surface area contributed by atoms with E-state index in [1.165, 1.54) is 0 Å². The zero-order chi connectivity index (χ0) is 15.9. The first kappa shape index (κ1) is 17.9. The van der Waals surface area contributed by atoms with Crippen LogP contribution in [0.5, 0.6) is 0 Å². The molecule has 1 amide bonds. The van der Waals surface area contributed by atoms with Gasteiger partial charge in [0.2, 0.25) is 5.91 Å². The van der Waals surface area contributed by atoms with Gasteiger partial charge in [-0.15, -0.1) is 0 Å². The Morgan fingerprint density at radius 3 is 1.95 bits per heavy atom. The first-order valence-electron chi connectivity index (χ1n) is 6.94. The minimum Gasteiger partial charge on any atom is -0.481 e. The molecular weight excluding hydrogens is 298 g/mol. The van der Waals surface area contributed by atoms with Crippen molar-refractivity contribution in [3.05, 3.63) is 0 Å². The van der Waals surface area contributed by atoms with E-state index < -0.39 is 21.7 Å². The number of carboxylic acid groups (broad SMARTS) is 1. The van der Waals surface area contributed by atoms with Crippen molar-refractivity contribution in [1.29, 1.82) is 0 Å². The monoisotopic (exact) mass is 321 g/mol. The molecule has 0 aromatic carbocycles. The number of hydrogen-bond donors (Lipinski definition) is 2. The van der Waals surface area contributed by atoms with Gasteiger partial charge < -0.3 is 15.7 Å². The molecule has 1 heterocycles. The van der Waals surface area contributed by atoms with Gasteiger partial charge in [0.05, 0.1) is 17.9 Å². The SMILES string of the molecule is NC(=O)CCS(=O)(=O)CCN1CCN(CCC(=O)O)CC1. The van der Waals surface area contributed by atoms with E-state index in [2.05, 4.69) is 4.90 Å². The Morgan fingerprint density at radius 2 is 1.48 bits per heavy atom. The Labute approximate surface area is 124 Å². The molecule has 0 aromatic rings. The van der Waals surface area contributed by atoms with Gasteiger partial charge in [-0.2, -0.15) is 0 Å². The third-order valence-electron chi connectivity index (χ3n) is 3.48. The molecule has 9 heteroatoms. The molecule has 1 aliphatic rings. The van der Waals surface area contributed by atoms with Crippen molar-refractivity contribution in [2.75, 3.05) is 50.8 Å². The Hall–Kier alpha value is -1.19. The lowest BCUT2D eigenvalue weighted by Crippen LogP contribution is -2.48. The van der Waals surface area contributed by atoms with Gasteiger partial charge in [0.15, 0.2) is 9.84 Å². The van der Waals surface area contributed by atoms with Crippen molar-refractivity contribution < 1.29 is 23.1 Å². The highest BCUT2D eigenvalue weighted by atomic mass is 32.2. The molecule has 0 bridgehead atoms. The van der Waals surface area contributed by atoms with E-state index in [9.17, 15) is 18.0 Å². The van der Waals surface area contributed by atoms with Crippen LogP contribution in [0.2, 0.25) is 0 Å². The van der Waals surface area contributed by atoms with E-state index in [4.69, 9.17) is 10.8 Å². The van der Waals surface area contributed by atoms with E-state index in [0.717, 1.165) is 26.2 Å². The number of amides is 1. The first-order valence-corrected chi connectivity index (χ1v) is 8.76. The lowest BCUT2D eigenvalue weighted by molar-refractivity contribution is -0.137. The fourth-order valence-electron chi connectivity index (χ4n) is 2.12. The maximum absolute atomic E-state index is 11.7. The Balaban J connectivity index is 2.23. The number of carbonyl (C=O) groups is 2. The summed E-state index contributed by atoms with van der Waals surface area (Å²) in [7, 11) is -3.24. The smallest absolute Gasteiger partial charge is 0.304 e.